The molecule has 6 nitrogen and oxygen atoms in total. The molecule has 0 aromatic carbocycles. The molecule has 0 amide bonds. The fourth-order valence-electron chi connectivity index (χ4n) is 1.90. The first-order valence-corrected chi connectivity index (χ1v) is 7.88. The molecule has 0 atom stereocenters. The van der Waals surface area contributed by atoms with Crippen LogP contribution in [-0.2, 0) is 0 Å². The molecule has 0 fully saturated rings. The van der Waals surface area contributed by atoms with Gasteiger partial charge in [0, 0.05) is 23.9 Å². The minimum absolute atomic E-state index is 0.199. The SMILES string of the molecule is CC(C)Nc1nc(N)ncc1Oc1cc(Br)ncc1C(C)C. The van der Waals surface area contributed by atoms with Crippen LogP contribution in [0.5, 0.6) is 11.5 Å². The molecule has 2 rings (SSSR count). The summed E-state index contributed by atoms with van der Waals surface area (Å²) in [5.41, 5.74) is 6.67. The van der Waals surface area contributed by atoms with Crippen LogP contribution in [0.4, 0.5) is 11.8 Å². The minimum atomic E-state index is 0.199. The Labute approximate surface area is 138 Å². The highest BCUT2D eigenvalue weighted by Crippen LogP contribution is 2.34. The summed E-state index contributed by atoms with van der Waals surface area (Å²) in [6, 6.07) is 2.04. The van der Waals surface area contributed by atoms with Crippen molar-refractivity contribution in [3.63, 3.8) is 0 Å². The Morgan fingerprint density at radius 3 is 2.50 bits per heavy atom. The van der Waals surface area contributed by atoms with Crippen molar-refractivity contribution in [1.82, 2.24) is 15.0 Å². The van der Waals surface area contributed by atoms with Crippen molar-refractivity contribution in [2.24, 2.45) is 0 Å². The van der Waals surface area contributed by atoms with Crippen molar-refractivity contribution in [3.8, 4) is 11.5 Å². The summed E-state index contributed by atoms with van der Waals surface area (Å²) in [6.07, 6.45) is 3.38. The first kappa shape index (κ1) is 16.5. The number of hydrogen-bond acceptors (Lipinski definition) is 6. The molecule has 0 saturated carbocycles. The van der Waals surface area contributed by atoms with Gasteiger partial charge in [-0.15, -0.1) is 0 Å². The number of halogens is 1. The van der Waals surface area contributed by atoms with E-state index in [1.807, 2.05) is 19.9 Å². The van der Waals surface area contributed by atoms with Crippen molar-refractivity contribution in [2.45, 2.75) is 39.7 Å². The third-order valence-electron chi connectivity index (χ3n) is 2.90. The molecule has 118 valence electrons. The Balaban J connectivity index is 2.40. The highest BCUT2D eigenvalue weighted by Gasteiger charge is 2.14. The monoisotopic (exact) mass is 365 g/mol. The predicted octanol–water partition coefficient (Wildman–Crippen LogP) is 3.95. The average Bonchev–Trinajstić information content (AvgIpc) is 2.41. The molecule has 0 unspecified atom stereocenters. The lowest BCUT2D eigenvalue weighted by Crippen LogP contribution is -2.13. The topological polar surface area (TPSA) is 86.0 Å². The molecule has 0 saturated heterocycles. The Kier molecular flexibility index (Phi) is 5.18. The predicted molar refractivity (Wildman–Crippen MR) is 91.3 cm³/mol. The van der Waals surface area contributed by atoms with Gasteiger partial charge in [0.2, 0.25) is 5.95 Å². The zero-order valence-electron chi connectivity index (χ0n) is 13.1. The summed E-state index contributed by atoms with van der Waals surface area (Å²) in [5.74, 6) is 2.31. The van der Waals surface area contributed by atoms with Crippen LogP contribution < -0.4 is 15.8 Å². The fourth-order valence-corrected chi connectivity index (χ4v) is 2.21. The number of ether oxygens (including phenoxy) is 1. The maximum atomic E-state index is 6.03. The molecule has 0 aliphatic heterocycles. The minimum Gasteiger partial charge on any atom is -0.451 e. The van der Waals surface area contributed by atoms with E-state index in [1.165, 1.54) is 0 Å². The van der Waals surface area contributed by atoms with E-state index in [2.05, 4.69) is 50.0 Å². The molecule has 2 aromatic rings. The van der Waals surface area contributed by atoms with E-state index in [0.717, 1.165) is 11.3 Å². The molecular formula is C15H20BrN5O. The maximum absolute atomic E-state index is 6.03. The molecule has 0 aliphatic rings. The van der Waals surface area contributed by atoms with Gasteiger partial charge in [0.15, 0.2) is 11.6 Å². The second-order valence-corrected chi connectivity index (χ2v) is 6.35. The number of aromatic nitrogens is 3. The lowest BCUT2D eigenvalue weighted by Gasteiger charge is -2.17. The number of pyridine rings is 1. The molecule has 2 aromatic heterocycles. The van der Waals surface area contributed by atoms with Crippen LogP contribution in [0.1, 0.15) is 39.2 Å². The number of nitrogen functional groups attached to an aromatic ring is 1. The lowest BCUT2D eigenvalue weighted by atomic mass is 10.1. The van der Waals surface area contributed by atoms with Gasteiger partial charge in [0.05, 0.1) is 6.20 Å². The van der Waals surface area contributed by atoms with Crippen molar-refractivity contribution >= 4 is 27.7 Å². The number of rotatable bonds is 5. The lowest BCUT2D eigenvalue weighted by molar-refractivity contribution is 0.468. The average molecular weight is 366 g/mol. The number of nitrogens with zero attached hydrogens (tertiary/aromatic N) is 3. The van der Waals surface area contributed by atoms with Gasteiger partial charge in [-0.2, -0.15) is 4.98 Å². The molecule has 0 spiro atoms. The van der Waals surface area contributed by atoms with Crippen LogP contribution in [0, 0.1) is 0 Å². The first-order valence-electron chi connectivity index (χ1n) is 7.09. The summed E-state index contributed by atoms with van der Waals surface area (Å²) in [4.78, 5) is 12.5. The molecule has 0 aliphatic carbocycles. The third-order valence-corrected chi connectivity index (χ3v) is 3.34. The smallest absolute Gasteiger partial charge is 0.222 e. The standard InChI is InChI=1S/C15H20BrN5O/c1-8(2)10-6-18-13(16)5-11(10)22-12-7-19-15(17)21-14(12)20-9(3)4/h5-9H,1-4H3,(H3,17,19,20,21). The number of nitrogens with two attached hydrogens (primary N) is 1. The Hall–Kier alpha value is -1.89. The van der Waals surface area contributed by atoms with Gasteiger partial charge >= 0.3 is 0 Å². The number of nitrogens with one attached hydrogen (secondary N) is 1. The largest absolute Gasteiger partial charge is 0.451 e. The molecule has 3 N–H and O–H groups in total. The van der Waals surface area contributed by atoms with E-state index in [4.69, 9.17) is 10.5 Å². The summed E-state index contributed by atoms with van der Waals surface area (Å²) < 4.78 is 6.74. The highest BCUT2D eigenvalue weighted by molar-refractivity contribution is 9.10. The van der Waals surface area contributed by atoms with Gasteiger partial charge in [-0.25, -0.2) is 9.97 Å². The van der Waals surface area contributed by atoms with Crippen LogP contribution in [-0.4, -0.2) is 21.0 Å². The van der Waals surface area contributed by atoms with Crippen LogP contribution in [0.2, 0.25) is 0 Å². The Morgan fingerprint density at radius 2 is 1.86 bits per heavy atom. The van der Waals surface area contributed by atoms with Crippen molar-refractivity contribution in [2.75, 3.05) is 11.1 Å². The zero-order chi connectivity index (χ0) is 16.3. The van der Waals surface area contributed by atoms with Gasteiger partial charge in [-0.1, -0.05) is 13.8 Å². The third kappa shape index (κ3) is 4.07. The molecule has 0 radical (unpaired) electrons. The molecule has 22 heavy (non-hydrogen) atoms. The van der Waals surface area contributed by atoms with E-state index in [-0.39, 0.29) is 17.9 Å². The Bertz CT molecular complexity index is 660. The van der Waals surface area contributed by atoms with Crippen LogP contribution in [0.3, 0.4) is 0 Å². The van der Waals surface area contributed by atoms with E-state index in [9.17, 15) is 0 Å². The van der Waals surface area contributed by atoms with Gasteiger partial charge in [-0.05, 0) is 35.7 Å². The highest BCUT2D eigenvalue weighted by atomic mass is 79.9. The quantitative estimate of drug-likeness (QED) is 0.780. The Morgan fingerprint density at radius 1 is 1.14 bits per heavy atom. The number of anilines is 2. The first-order chi connectivity index (χ1) is 10.4. The van der Waals surface area contributed by atoms with E-state index in [1.54, 1.807) is 12.4 Å². The van der Waals surface area contributed by atoms with Gasteiger partial charge < -0.3 is 15.8 Å². The fraction of sp³-hybridized carbons (Fsp3) is 0.400. The summed E-state index contributed by atoms with van der Waals surface area (Å²) in [6.45, 7) is 8.21. The maximum Gasteiger partial charge on any atom is 0.222 e. The molecule has 7 heteroatoms. The van der Waals surface area contributed by atoms with E-state index >= 15 is 0 Å². The van der Waals surface area contributed by atoms with Crippen LogP contribution >= 0.6 is 15.9 Å². The normalized spacial score (nSPS) is 11.0. The second-order valence-electron chi connectivity index (χ2n) is 5.54. The van der Waals surface area contributed by atoms with Crippen molar-refractivity contribution < 1.29 is 4.74 Å². The van der Waals surface area contributed by atoms with Crippen molar-refractivity contribution in [3.05, 3.63) is 28.6 Å². The van der Waals surface area contributed by atoms with Crippen molar-refractivity contribution in [1.29, 1.82) is 0 Å². The summed E-state index contributed by atoms with van der Waals surface area (Å²) >= 11 is 3.37. The molecule has 0 bridgehead atoms. The van der Waals surface area contributed by atoms with Gasteiger partial charge in [-0.3, -0.25) is 0 Å². The van der Waals surface area contributed by atoms with Crippen LogP contribution in [0.25, 0.3) is 0 Å². The van der Waals surface area contributed by atoms with Gasteiger partial charge in [0.25, 0.3) is 0 Å². The molecular weight excluding hydrogens is 346 g/mol. The van der Waals surface area contributed by atoms with E-state index < -0.39 is 0 Å². The van der Waals surface area contributed by atoms with E-state index in [0.29, 0.717) is 16.2 Å². The number of hydrogen-bond donors (Lipinski definition) is 2. The summed E-state index contributed by atoms with van der Waals surface area (Å²) in [5, 5.41) is 3.21. The second kappa shape index (κ2) is 6.91. The molecule has 2 heterocycles. The van der Waals surface area contributed by atoms with Gasteiger partial charge in [0.1, 0.15) is 10.4 Å². The van der Waals surface area contributed by atoms with Crippen LogP contribution in [0.15, 0.2) is 23.1 Å². The zero-order valence-corrected chi connectivity index (χ0v) is 14.7. The summed E-state index contributed by atoms with van der Waals surface area (Å²) in [7, 11) is 0.